The van der Waals surface area contributed by atoms with Crippen molar-refractivity contribution in [1.82, 2.24) is 4.98 Å². The van der Waals surface area contributed by atoms with Gasteiger partial charge < -0.3 is 10.6 Å². The van der Waals surface area contributed by atoms with E-state index in [2.05, 4.69) is 31.5 Å². The maximum absolute atomic E-state index is 13.0. The zero-order valence-corrected chi connectivity index (χ0v) is 16.7. The Morgan fingerprint density at radius 3 is 2.70 bits per heavy atom. The normalized spacial score (nSPS) is 18.9. The molecule has 1 amide bonds. The lowest BCUT2D eigenvalue weighted by Crippen LogP contribution is -2.17. The van der Waals surface area contributed by atoms with Crippen molar-refractivity contribution in [3.8, 4) is 0 Å². The van der Waals surface area contributed by atoms with Gasteiger partial charge >= 0.3 is 6.18 Å². The topological polar surface area (TPSA) is 71.1 Å². The van der Waals surface area contributed by atoms with Gasteiger partial charge in [-0.15, -0.1) is 0 Å². The van der Waals surface area contributed by atoms with E-state index >= 15 is 0 Å². The Bertz CT molecular complexity index is 950. The van der Waals surface area contributed by atoms with Crippen LogP contribution in [0.4, 0.5) is 24.7 Å². The largest absolute Gasteiger partial charge is 0.417 e. The van der Waals surface area contributed by atoms with E-state index in [9.17, 15) is 22.2 Å². The summed E-state index contributed by atoms with van der Waals surface area (Å²) in [5.41, 5.74) is -0.124. The van der Waals surface area contributed by atoms with E-state index in [0.29, 0.717) is 17.5 Å². The van der Waals surface area contributed by atoms with Crippen molar-refractivity contribution in [2.24, 2.45) is 0 Å². The third-order valence-corrected chi connectivity index (χ3v) is 6.72. The minimum Gasteiger partial charge on any atom is -0.371 e. The molecular formula is C17H15BrF3N3O2S. The first-order valence-corrected chi connectivity index (χ1v) is 9.92. The van der Waals surface area contributed by atoms with Crippen molar-refractivity contribution in [3.05, 3.63) is 45.6 Å². The molecule has 5 nitrogen and oxygen atoms in total. The second-order valence-corrected chi connectivity index (χ2v) is 8.70. The average molecular weight is 462 g/mol. The van der Waals surface area contributed by atoms with Gasteiger partial charge in [-0.2, -0.15) is 13.2 Å². The minimum absolute atomic E-state index is 0.0968. The van der Waals surface area contributed by atoms with Gasteiger partial charge in [0.15, 0.2) is 0 Å². The van der Waals surface area contributed by atoms with Crippen LogP contribution in [0, 0.1) is 0 Å². The molecule has 2 unspecified atom stereocenters. The van der Waals surface area contributed by atoms with Crippen LogP contribution >= 0.6 is 15.9 Å². The average Bonchev–Trinajstić information content (AvgIpc) is 2.90. The van der Waals surface area contributed by atoms with E-state index in [-0.39, 0.29) is 22.3 Å². The van der Waals surface area contributed by atoms with Crippen LogP contribution in [0.15, 0.2) is 33.8 Å². The highest BCUT2D eigenvalue weighted by Crippen LogP contribution is 2.37. The van der Waals surface area contributed by atoms with Gasteiger partial charge in [0.05, 0.1) is 32.5 Å². The summed E-state index contributed by atoms with van der Waals surface area (Å²) in [5, 5.41) is 4.96. The van der Waals surface area contributed by atoms with Crippen molar-refractivity contribution >= 4 is 44.1 Å². The molecule has 2 aromatic rings. The summed E-state index contributed by atoms with van der Waals surface area (Å²) in [7, 11) is 0.115. The molecule has 2 N–H and O–H groups in total. The number of halogens is 4. The fourth-order valence-corrected chi connectivity index (χ4v) is 5.03. The zero-order valence-electron chi connectivity index (χ0n) is 14.3. The van der Waals surface area contributed by atoms with Crippen LogP contribution in [-0.4, -0.2) is 27.4 Å². The number of nitrogens with zero attached hydrogens (tertiary/aromatic N) is 1. The third-order valence-electron chi connectivity index (χ3n) is 4.21. The van der Waals surface area contributed by atoms with E-state index in [0.717, 1.165) is 16.1 Å². The molecule has 0 radical (unpaired) electrons. The summed E-state index contributed by atoms with van der Waals surface area (Å²) in [6.45, 7) is 1.82. The minimum atomic E-state index is -4.59. The Labute approximate surface area is 164 Å². The van der Waals surface area contributed by atoms with Gasteiger partial charge in [0.2, 0.25) is 0 Å². The van der Waals surface area contributed by atoms with Crippen LogP contribution < -0.4 is 10.6 Å². The first kappa shape index (κ1) is 19.8. The lowest BCUT2D eigenvalue weighted by atomic mass is 10.1. The van der Waals surface area contributed by atoms with E-state index in [4.69, 9.17) is 0 Å². The SMILES string of the molecule is CNc1ncc(C(F)(F)F)cc1NC(=O)c1ccc(Br)c2c1S(=O)C(C)C2. The Kier molecular flexibility index (Phi) is 5.31. The number of carbonyl (C=O) groups is 1. The number of carbonyl (C=O) groups excluding carboxylic acids is 1. The molecule has 2 heterocycles. The predicted octanol–water partition coefficient (Wildman–Crippen LogP) is 4.21. The number of nitrogens with one attached hydrogen (secondary N) is 2. The first-order valence-electron chi connectivity index (χ1n) is 7.91. The van der Waals surface area contributed by atoms with Crippen LogP contribution in [0.2, 0.25) is 0 Å². The fourth-order valence-electron chi connectivity index (χ4n) is 2.87. The van der Waals surface area contributed by atoms with Gasteiger partial charge in [-0.25, -0.2) is 4.98 Å². The molecule has 1 aliphatic rings. The Morgan fingerprint density at radius 2 is 2.07 bits per heavy atom. The van der Waals surface area contributed by atoms with E-state index in [1.807, 2.05) is 6.92 Å². The molecule has 1 aromatic carbocycles. The summed E-state index contributed by atoms with van der Waals surface area (Å²) < 4.78 is 52.2. The van der Waals surface area contributed by atoms with E-state index in [1.54, 1.807) is 6.07 Å². The van der Waals surface area contributed by atoms with Crippen molar-refractivity contribution in [3.63, 3.8) is 0 Å². The van der Waals surface area contributed by atoms with Crippen LogP contribution in [-0.2, 0) is 23.4 Å². The number of anilines is 2. The highest BCUT2D eigenvalue weighted by Gasteiger charge is 2.34. The smallest absolute Gasteiger partial charge is 0.371 e. The number of benzene rings is 1. The molecular weight excluding hydrogens is 447 g/mol. The molecule has 1 aromatic heterocycles. The van der Waals surface area contributed by atoms with Crippen LogP contribution in [0.3, 0.4) is 0 Å². The van der Waals surface area contributed by atoms with Gasteiger partial charge in [0.25, 0.3) is 5.91 Å². The molecule has 3 rings (SSSR count). The van der Waals surface area contributed by atoms with Gasteiger partial charge in [-0.05, 0) is 30.2 Å². The summed E-state index contributed by atoms with van der Waals surface area (Å²) >= 11 is 3.40. The zero-order chi connectivity index (χ0) is 19.9. The molecule has 0 spiro atoms. The second-order valence-electron chi connectivity index (χ2n) is 6.04. The molecule has 10 heteroatoms. The van der Waals surface area contributed by atoms with Gasteiger partial charge in [-0.3, -0.25) is 9.00 Å². The number of fused-ring (bicyclic) bond motifs is 1. The quantitative estimate of drug-likeness (QED) is 0.717. The lowest BCUT2D eigenvalue weighted by Gasteiger charge is -2.14. The maximum Gasteiger partial charge on any atom is 0.417 e. The van der Waals surface area contributed by atoms with E-state index in [1.165, 1.54) is 13.1 Å². The van der Waals surface area contributed by atoms with Gasteiger partial charge in [0, 0.05) is 23.0 Å². The highest BCUT2D eigenvalue weighted by molar-refractivity contribution is 9.10. The number of aromatic nitrogens is 1. The third kappa shape index (κ3) is 3.73. The predicted molar refractivity (Wildman–Crippen MR) is 100 cm³/mol. The molecule has 0 bridgehead atoms. The molecule has 1 aliphatic heterocycles. The van der Waals surface area contributed by atoms with Crippen LogP contribution in [0.1, 0.15) is 28.4 Å². The molecule has 144 valence electrons. The Hall–Kier alpha value is -1.94. The fraction of sp³-hybridized carbons (Fsp3) is 0.294. The molecule has 0 fully saturated rings. The van der Waals surface area contributed by atoms with Gasteiger partial charge in [-0.1, -0.05) is 22.9 Å². The highest BCUT2D eigenvalue weighted by atomic mass is 79.9. The first-order chi connectivity index (χ1) is 12.6. The standard InChI is InChI=1S/C17H15BrF3N3O2S/c1-8-5-11-12(18)4-3-10(14(11)27(8)26)16(25)24-13-6-9(17(19,20)21)7-23-15(13)22-2/h3-4,6-8H,5H2,1-2H3,(H,22,23)(H,24,25). The van der Waals surface area contributed by atoms with Gasteiger partial charge in [0.1, 0.15) is 5.82 Å². The summed E-state index contributed by atoms with van der Waals surface area (Å²) in [4.78, 5) is 16.9. The lowest BCUT2D eigenvalue weighted by molar-refractivity contribution is -0.137. The monoisotopic (exact) mass is 461 g/mol. The van der Waals surface area contributed by atoms with E-state index < -0.39 is 28.4 Å². The summed E-state index contributed by atoms with van der Waals surface area (Å²) in [6.07, 6.45) is -3.35. The number of hydrogen-bond acceptors (Lipinski definition) is 4. The number of rotatable bonds is 3. The second kappa shape index (κ2) is 7.23. The summed E-state index contributed by atoms with van der Waals surface area (Å²) in [5.74, 6) is -0.543. The molecule has 2 atom stereocenters. The molecule has 0 saturated carbocycles. The van der Waals surface area contributed by atoms with Crippen molar-refractivity contribution in [1.29, 1.82) is 0 Å². The number of pyridine rings is 1. The summed E-state index contributed by atoms with van der Waals surface area (Å²) in [6, 6.07) is 4.00. The number of amides is 1. The number of alkyl halides is 3. The molecule has 27 heavy (non-hydrogen) atoms. The van der Waals surface area contributed by atoms with Crippen molar-refractivity contribution in [2.75, 3.05) is 17.7 Å². The van der Waals surface area contributed by atoms with Crippen molar-refractivity contribution < 1.29 is 22.2 Å². The van der Waals surface area contributed by atoms with Crippen molar-refractivity contribution in [2.45, 2.75) is 29.7 Å². The van der Waals surface area contributed by atoms with Crippen LogP contribution in [0.25, 0.3) is 0 Å². The Balaban J connectivity index is 2.01. The molecule has 0 aliphatic carbocycles. The Morgan fingerprint density at radius 1 is 1.37 bits per heavy atom. The maximum atomic E-state index is 13.0. The molecule has 0 saturated heterocycles. The number of hydrogen-bond donors (Lipinski definition) is 2. The van der Waals surface area contributed by atoms with Crippen LogP contribution in [0.5, 0.6) is 0 Å².